The Hall–Kier alpha value is -2.65. The Morgan fingerprint density at radius 2 is 1.96 bits per heavy atom. The minimum Gasteiger partial charge on any atom is -0.465 e. The normalized spacial score (nSPS) is 12.2. The molecule has 1 aromatic heterocycles. The second-order valence-corrected chi connectivity index (χ2v) is 6.03. The largest absolute Gasteiger partial charge is 0.465 e. The summed E-state index contributed by atoms with van der Waals surface area (Å²) in [5.74, 6) is -8.77. The molecular formula is C17H12Cl2F3N3O3. The number of hydrogen-bond donors (Lipinski definition) is 1. The van der Waals surface area contributed by atoms with Crippen molar-refractivity contribution in [1.29, 1.82) is 0 Å². The van der Waals surface area contributed by atoms with Crippen molar-refractivity contribution < 1.29 is 27.5 Å². The second-order valence-electron chi connectivity index (χ2n) is 5.29. The summed E-state index contributed by atoms with van der Waals surface area (Å²) in [6, 6.07) is 1.62. The van der Waals surface area contributed by atoms with E-state index in [1.807, 2.05) is 0 Å². The summed E-state index contributed by atoms with van der Waals surface area (Å²) in [5.41, 5.74) is 4.88. The molecule has 1 atom stereocenters. The number of Topliss-reactive ketones (excluding diaryl/α,β-unsaturated/α-hetero) is 1. The van der Waals surface area contributed by atoms with Gasteiger partial charge in [0.05, 0.1) is 29.7 Å². The topological polar surface area (TPSA) is 94.6 Å². The average molecular weight is 434 g/mol. The van der Waals surface area contributed by atoms with Crippen LogP contribution in [0.3, 0.4) is 0 Å². The summed E-state index contributed by atoms with van der Waals surface area (Å²) in [5, 5.41) is -1.19. The van der Waals surface area contributed by atoms with E-state index in [-0.39, 0.29) is 23.1 Å². The minimum absolute atomic E-state index is 0.0236. The lowest BCUT2D eigenvalue weighted by Gasteiger charge is -2.12. The minimum atomic E-state index is -1.76. The van der Waals surface area contributed by atoms with Crippen LogP contribution >= 0.6 is 23.2 Å². The fourth-order valence-electron chi connectivity index (χ4n) is 2.07. The van der Waals surface area contributed by atoms with Crippen molar-refractivity contribution in [3.63, 3.8) is 0 Å². The highest BCUT2D eigenvalue weighted by Crippen LogP contribution is 2.27. The van der Waals surface area contributed by atoms with E-state index < -0.39 is 45.7 Å². The van der Waals surface area contributed by atoms with E-state index in [2.05, 4.69) is 9.98 Å². The zero-order valence-electron chi connectivity index (χ0n) is 14.2. The summed E-state index contributed by atoms with van der Waals surface area (Å²) >= 11 is 11.0. The molecule has 0 aliphatic rings. The average Bonchev–Trinajstić information content (AvgIpc) is 2.66. The summed E-state index contributed by atoms with van der Waals surface area (Å²) in [7, 11) is 0. The maximum Gasteiger partial charge on any atom is 0.322 e. The number of pyridine rings is 1. The molecule has 11 heteroatoms. The maximum atomic E-state index is 14.2. The second kappa shape index (κ2) is 9.03. The van der Waals surface area contributed by atoms with E-state index in [0.717, 1.165) is 6.21 Å². The van der Waals surface area contributed by atoms with Gasteiger partial charge in [-0.05, 0) is 19.1 Å². The van der Waals surface area contributed by atoms with E-state index in [9.17, 15) is 22.8 Å². The molecule has 1 unspecified atom stereocenters. The smallest absolute Gasteiger partial charge is 0.322 e. The van der Waals surface area contributed by atoms with Crippen molar-refractivity contribution >= 4 is 52.5 Å². The van der Waals surface area contributed by atoms with Gasteiger partial charge in [-0.15, -0.1) is 0 Å². The highest BCUT2D eigenvalue weighted by Gasteiger charge is 2.32. The molecule has 0 aliphatic carbocycles. The van der Waals surface area contributed by atoms with Crippen molar-refractivity contribution in [2.45, 2.75) is 6.92 Å². The van der Waals surface area contributed by atoms with Crippen LogP contribution in [0, 0.1) is 23.4 Å². The Morgan fingerprint density at radius 1 is 1.29 bits per heavy atom. The summed E-state index contributed by atoms with van der Waals surface area (Å²) in [6.45, 7) is 1.39. The molecule has 1 aromatic carbocycles. The molecule has 0 saturated carbocycles. The molecular weight excluding hydrogens is 422 g/mol. The third kappa shape index (κ3) is 4.60. The SMILES string of the molecule is CCOC(=O)C(C=Nc1cnc(Cl)c(N)c1)C(=O)c1cc(F)c(F)c(Cl)c1F. The number of nitrogen functional groups attached to an aromatic ring is 1. The molecule has 0 bridgehead atoms. The number of aliphatic imine (C=N–C) groups is 1. The first kappa shape index (κ1) is 21.6. The van der Waals surface area contributed by atoms with Crippen LogP contribution < -0.4 is 5.73 Å². The predicted molar refractivity (Wildman–Crippen MR) is 97.6 cm³/mol. The molecule has 2 N–H and O–H groups in total. The van der Waals surface area contributed by atoms with Crippen molar-refractivity contribution in [1.82, 2.24) is 4.98 Å². The molecule has 0 amide bonds. The van der Waals surface area contributed by atoms with E-state index in [1.54, 1.807) is 0 Å². The van der Waals surface area contributed by atoms with Gasteiger partial charge in [-0.2, -0.15) is 0 Å². The monoisotopic (exact) mass is 433 g/mol. The van der Waals surface area contributed by atoms with Crippen LogP contribution in [-0.4, -0.2) is 29.6 Å². The summed E-state index contributed by atoms with van der Waals surface area (Å²) in [4.78, 5) is 32.4. The Labute approximate surface area is 167 Å². The van der Waals surface area contributed by atoms with Crippen molar-refractivity contribution in [3.05, 3.63) is 51.5 Å². The van der Waals surface area contributed by atoms with Gasteiger partial charge in [0, 0.05) is 6.21 Å². The predicted octanol–water partition coefficient (Wildman–Crippen LogP) is 4.15. The molecule has 0 spiro atoms. The van der Waals surface area contributed by atoms with E-state index in [4.69, 9.17) is 33.7 Å². The fourth-order valence-corrected chi connectivity index (χ4v) is 2.37. The van der Waals surface area contributed by atoms with Crippen LogP contribution in [0.1, 0.15) is 17.3 Å². The first-order chi connectivity index (χ1) is 13.2. The number of rotatable bonds is 6. The van der Waals surface area contributed by atoms with Gasteiger partial charge in [0.2, 0.25) is 0 Å². The third-order valence-corrected chi connectivity index (χ3v) is 4.06. The molecule has 28 heavy (non-hydrogen) atoms. The molecule has 2 rings (SSSR count). The van der Waals surface area contributed by atoms with Gasteiger partial charge in [-0.25, -0.2) is 18.2 Å². The van der Waals surface area contributed by atoms with Crippen molar-refractivity contribution in [3.8, 4) is 0 Å². The number of aromatic nitrogens is 1. The molecule has 148 valence electrons. The quantitative estimate of drug-likeness (QED) is 0.140. The van der Waals surface area contributed by atoms with Gasteiger partial charge in [0.1, 0.15) is 5.02 Å². The molecule has 0 saturated heterocycles. The molecule has 1 heterocycles. The number of anilines is 1. The van der Waals surface area contributed by atoms with Gasteiger partial charge in [0.15, 0.2) is 34.3 Å². The lowest BCUT2D eigenvalue weighted by Crippen LogP contribution is -2.28. The molecule has 0 radical (unpaired) electrons. The van der Waals surface area contributed by atoms with E-state index >= 15 is 0 Å². The lowest BCUT2D eigenvalue weighted by molar-refractivity contribution is -0.143. The van der Waals surface area contributed by atoms with Crippen molar-refractivity contribution in [2.24, 2.45) is 10.9 Å². The zero-order chi connectivity index (χ0) is 21.0. The maximum absolute atomic E-state index is 14.2. The summed E-state index contributed by atoms with van der Waals surface area (Å²) < 4.78 is 45.8. The fraction of sp³-hybridized carbons (Fsp3) is 0.176. The number of nitrogens with zero attached hydrogens (tertiary/aromatic N) is 2. The van der Waals surface area contributed by atoms with Gasteiger partial charge >= 0.3 is 5.97 Å². The van der Waals surface area contributed by atoms with Crippen LogP contribution in [0.4, 0.5) is 24.5 Å². The highest BCUT2D eigenvalue weighted by molar-refractivity contribution is 6.32. The summed E-state index contributed by atoms with van der Waals surface area (Å²) in [6.07, 6.45) is 2.05. The van der Waals surface area contributed by atoms with E-state index in [0.29, 0.717) is 6.07 Å². The van der Waals surface area contributed by atoms with Crippen LogP contribution in [0.2, 0.25) is 10.2 Å². The molecule has 6 nitrogen and oxygen atoms in total. The number of halogens is 5. The van der Waals surface area contributed by atoms with Crippen molar-refractivity contribution in [2.75, 3.05) is 12.3 Å². The molecule has 2 aromatic rings. The number of ether oxygens (including phenoxy) is 1. The first-order valence-electron chi connectivity index (χ1n) is 7.66. The lowest BCUT2D eigenvalue weighted by atomic mass is 9.97. The number of carbonyl (C=O) groups is 2. The number of hydrogen-bond acceptors (Lipinski definition) is 6. The van der Waals surface area contributed by atoms with Gasteiger partial charge in [0.25, 0.3) is 0 Å². The Kier molecular flexibility index (Phi) is 6.98. The van der Waals surface area contributed by atoms with Crippen LogP contribution in [-0.2, 0) is 9.53 Å². The Morgan fingerprint density at radius 3 is 2.57 bits per heavy atom. The molecule has 0 aliphatic heterocycles. The number of carbonyl (C=O) groups excluding carboxylic acids is 2. The number of benzene rings is 1. The van der Waals surface area contributed by atoms with Crippen LogP contribution in [0.25, 0.3) is 0 Å². The first-order valence-corrected chi connectivity index (χ1v) is 8.42. The number of ketones is 1. The van der Waals surface area contributed by atoms with Gasteiger partial charge in [-0.1, -0.05) is 23.2 Å². The standard InChI is InChI=1S/C17H12Cl2F3N3O3/c1-2-28-17(27)9(6-24-7-3-11(23)16(19)25-5-7)15(26)8-4-10(20)14(22)12(18)13(8)21/h3-6,9H,2,23H2,1H3. The molecule has 0 fully saturated rings. The van der Waals surface area contributed by atoms with Gasteiger partial charge in [-0.3, -0.25) is 14.6 Å². The Balaban J connectivity index is 2.46. The van der Waals surface area contributed by atoms with Gasteiger partial charge < -0.3 is 10.5 Å². The Bertz CT molecular complexity index is 970. The van der Waals surface area contributed by atoms with Crippen LogP contribution in [0.15, 0.2) is 23.3 Å². The number of esters is 1. The third-order valence-electron chi connectivity index (χ3n) is 3.42. The zero-order valence-corrected chi connectivity index (χ0v) is 15.7. The van der Waals surface area contributed by atoms with Crippen LogP contribution in [0.5, 0.6) is 0 Å². The highest BCUT2D eigenvalue weighted by atomic mass is 35.5. The number of nitrogens with two attached hydrogens (primary N) is 1. The van der Waals surface area contributed by atoms with E-state index in [1.165, 1.54) is 19.2 Å².